The Morgan fingerprint density at radius 2 is 2.26 bits per heavy atom. The van der Waals surface area contributed by atoms with E-state index in [1.807, 2.05) is 43.0 Å². The van der Waals surface area contributed by atoms with Crippen LogP contribution >= 0.6 is 11.3 Å². The standard InChI is InChI=1S/C23H28N4O3S/c1-4-24-23-26-15(2)20(31-23)22(28)27-11-6-5-10-19(27)21-25-14-18(30-21)13-16-8-7-9-17(12-16)29-3/h7-9,12,14,19H,4-6,10-11,13H2,1-3H3,(H,24,26)/t19-/m0/s1. The fourth-order valence-corrected chi connectivity index (χ4v) is 4.92. The van der Waals surface area contributed by atoms with E-state index in [9.17, 15) is 4.79 Å². The first-order valence-electron chi connectivity index (χ1n) is 10.7. The molecule has 0 bridgehead atoms. The summed E-state index contributed by atoms with van der Waals surface area (Å²) in [5.41, 5.74) is 1.86. The zero-order valence-corrected chi connectivity index (χ0v) is 19.0. The van der Waals surface area contributed by atoms with Crippen LogP contribution in [-0.2, 0) is 6.42 Å². The average molecular weight is 441 g/mol. The summed E-state index contributed by atoms with van der Waals surface area (Å²) in [5, 5.41) is 3.99. The third kappa shape index (κ3) is 4.74. The second-order valence-electron chi connectivity index (χ2n) is 7.67. The summed E-state index contributed by atoms with van der Waals surface area (Å²) in [6, 6.07) is 7.77. The van der Waals surface area contributed by atoms with Crippen molar-refractivity contribution in [1.29, 1.82) is 0 Å². The minimum atomic E-state index is -0.149. The van der Waals surface area contributed by atoms with Crippen LogP contribution in [0.4, 0.5) is 5.13 Å². The number of aryl methyl sites for hydroxylation is 1. The van der Waals surface area contributed by atoms with E-state index in [0.29, 0.717) is 23.7 Å². The molecule has 0 radical (unpaired) electrons. The molecule has 1 atom stereocenters. The molecule has 2 aromatic heterocycles. The Balaban J connectivity index is 1.53. The van der Waals surface area contributed by atoms with Gasteiger partial charge in [0.25, 0.3) is 5.91 Å². The third-order valence-electron chi connectivity index (χ3n) is 5.45. The Bertz CT molecular complexity index is 1050. The van der Waals surface area contributed by atoms with Crippen LogP contribution in [0.25, 0.3) is 0 Å². The van der Waals surface area contributed by atoms with Crippen molar-refractivity contribution in [2.24, 2.45) is 0 Å². The fraction of sp³-hybridized carbons (Fsp3) is 0.435. The molecule has 0 aliphatic carbocycles. The Labute approximate surface area is 186 Å². The van der Waals surface area contributed by atoms with Crippen LogP contribution in [0.15, 0.2) is 34.9 Å². The molecule has 164 valence electrons. The van der Waals surface area contributed by atoms with Crippen molar-refractivity contribution in [3.63, 3.8) is 0 Å². The van der Waals surface area contributed by atoms with E-state index >= 15 is 0 Å². The van der Waals surface area contributed by atoms with Gasteiger partial charge in [-0.25, -0.2) is 9.97 Å². The van der Waals surface area contributed by atoms with Crippen LogP contribution in [0.5, 0.6) is 5.75 Å². The Morgan fingerprint density at radius 3 is 3.06 bits per heavy atom. The van der Waals surface area contributed by atoms with Gasteiger partial charge < -0.3 is 19.4 Å². The highest BCUT2D eigenvalue weighted by Crippen LogP contribution is 2.34. The SMILES string of the molecule is CCNc1nc(C)c(C(=O)N2CCCC[C@H]2c2ncc(Cc3cccc(OC)c3)o2)s1. The number of nitrogens with zero attached hydrogens (tertiary/aromatic N) is 3. The molecule has 1 N–H and O–H groups in total. The van der Waals surface area contributed by atoms with Crippen molar-refractivity contribution in [2.45, 2.75) is 45.6 Å². The Hall–Kier alpha value is -2.87. The molecule has 1 fully saturated rings. The summed E-state index contributed by atoms with van der Waals surface area (Å²) in [6.45, 7) is 5.38. The van der Waals surface area contributed by atoms with E-state index in [2.05, 4.69) is 15.3 Å². The molecule has 1 aliphatic rings. The highest BCUT2D eigenvalue weighted by molar-refractivity contribution is 7.17. The molecular weight excluding hydrogens is 412 g/mol. The number of nitrogens with one attached hydrogen (secondary N) is 1. The molecule has 8 heteroatoms. The summed E-state index contributed by atoms with van der Waals surface area (Å²) in [7, 11) is 1.66. The lowest BCUT2D eigenvalue weighted by Gasteiger charge is -2.33. The van der Waals surface area contributed by atoms with Gasteiger partial charge in [0.05, 0.1) is 19.0 Å². The second-order valence-corrected chi connectivity index (χ2v) is 8.67. The van der Waals surface area contributed by atoms with Crippen LogP contribution in [-0.4, -0.2) is 41.0 Å². The first-order chi connectivity index (χ1) is 15.1. The van der Waals surface area contributed by atoms with Gasteiger partial charge in [0.15, 0.2) is 5.13 Å². The highest BCUT2D eigenvalue weighted by atomic mass is 32.1. The zero-order valence-electron chi connectivity index (χ0n) is 18.2. The van der Waals surface area contributed by atoms with E-state index in [1.54, 1.807) is 13.3 Å². The van der Waals surface area contributed by atoms with E-state index in [0.717, 1.165) is 53.7 Å². The molecule has 3 heterocycles. The topological polar surface area (TPSA) is 80.5 Å². The molecule has 1 amide bonds. The molecule has 3 aromatic rings. The maximum atomic E-state index is 13.4. The molecule has 0 unspecified atom stereocenters. The quantitative estimate of drug-likeness (QED) is 0.566. The number of benzene rings is 1. The molecule has 7 nitrogen and oxygen atoms in total. The Morgan fingerprint density at radius 1 is 1.39 bits per heavy atom. The number of carbonyl (C=O) groups is 1. The first kappa shape index (κ1) is 21.4. The fourth-order valence-electron chi connectivity index (χ4n) is 3.93. The highest BCUT2D eigenvalue weighted by Gasteiger charge is 2.33. The van der Waals surface area contributed by atoms with Gasteiger partial charge in [-0.3, -0.25) is 4.79 Å². The Kier molecular flexibility index (Phi) is 6.56. The van der Waals surface area contributed by atoms with Crippen LogP contribution in [0.2, 0.25) is 0 Å². The van der Waals surface area contributed by atoms with Gasteiger partial charge >= 0.3 is 0 Å². The molecule has 0 saturated carbocycles. The number of amides is 1. The summed E-state index contributed by atoms with van der Waals surface area (Å²) in [6.07, 6.45) is 5.28. The van der Waals surface area contributed by atoms with Crippen LogP contribution in [0.1, 0.15) is 64.8 Å². The second kappa shape index (κ2) is 9.51. The van der Waals surface area contributed by atoms with E-state index in [1.165, 1.54) is 11.3 Å². The molecular formula is C23H28N4O3S. The van der Waals surface area contributed by atoms with Gasteiger partial charge in [-0.1, -0.05) is 23.5 Å². The van der Waals surface area contributed by atoms with Crippen LogP contribution in [0.3, 0.4) is 0 Å². The zero-order chi connectivity index (χ0) is 21.8. The number of hydrogen-bond donors (Lipinski definition) is 1. The normalized spacial score (nSPS) is 16.4. The smallest absolute Gasteiger partial charge is 0.266 e. The number of rotatable bonds is 7. The number of ether oxygens (including phenoxy) is 1. The minimum absolute atomic E-state index is 0.0106. The van der Waals surface area contributed by atoms with Gasteiger partial charge in [-0.05, 0) is 50.8 Å². The van der Waals surface area contributed by atoms with Crippen molar-refractivity contribution in [2.75, 3.05) is 25.5 Å². The maximum Gasteiger partial charge on any atom is 0.266 e. The van der Waals surface area contributed by atoms with E-state index < -0.39 is 0 Å². The molecule has 1 saturated heterocycles. The van der Waals surface area contributed by atoms with Gasteiger partial charge in [0, 0.05) is 19.5 Å². The predicted octanol–water partition coefficient (Wildman–Crippen LogP) is 4.84. The van der Waals surface area contributed by atoms with Gasteiger partial charge in [-0.15, -0.1) is 0 Å². The van der Waals surface area contributed by atoms with Gasteiger partial charge in [-0.2, -0.15) is 0 Å². The average Bonchev–Trinajstić information content (AvgIpc) is 3.40. The van der Waals surface area contributed by atoms with Crippen molar-refractivity contribution >= 4 is 22.4 Å². The molecule has 31 heavy (non-hydrogen) atoms. The number of thiazole rings is 1. The number of likely N-dealkylation sites (tertiary alicyclic amines) is 1. The molecule has 4 rings (SSSR count). The molecule has 0 spiro atoms. The molecule has 1 aromatic carbocycles. The van der Waals surface area contributed by atoms with Gasteiger partial charge in [0.1, 0.15) is 22.4 Å². The maximum absolute atomic E-state index is 13.4. The number of aromatic nitrogens is 2. The number of hydrogen-bond acceptors (Lipinski definition) is 7. The van der Waals surface area contributed by atoms with Crippen LogP contribution < -0.4 is 10.1 Å². The van der Waals surface area contributed by atoms with Crippen LogP contribution in [0, 0.1) is 6.92 Å². The van der Waals surface area contributed by atoms with E-state index in [4.69, 9.17) is 9.15 Å². The summed E-state index contributed by atoms with van der Waals surface area (Å²) >= 11 is 1.42. The van der Waals surface area contributed by atoms with Crippen molar-refractivity contribution in [3.8, 4) is 5.75 Å². The third-order valence-corrected chi connectivity index (χ3v) is 6.55. The minimum Gasteiger partial charge on any atom is -0.497 e. The number of methoxy groups -OCH3 is 1. The lowest BCUT2D eigenvalue weighted by atomic mass is 10.0. The summed E-state index contributed by atoms with van der Waals surface area (Å²) in [5.74, 6) is 2.22. The number of oxazole rings is 1. The monoisotopic (exact) mass is 440 g/mol. The molecule has 1 aliphatic heterocycles. The first-order valence-corrected chi connectivity index (χ1v) is 11.5. The van der Waals surface area contributed by atoms with Gasteiger partial charge in [0.2, 0.25) is 5.89 Å². The number of anilines is 1. The van der Waals surface area contributed by atoms with Crippen molar-refractivity contribution in [1.82, 2.24) is 14.9 Å². The lowest BCUT2D eigenvalue weighted by molar-refractivity contribution is 0.0574. The number of piperidine rings is 1. The van der Waals surface area contributed by atoms with Crippen molar-refractivity contribution in [3.05, 3.63) is 58.2 Å². The summed E-state index contributed by atoms with van der Waals surface area (Å²) < 4.78 is 11.4. The largest absolute Gasteiger partial charge is 0.497 e. The van der Waals surface area contributed by atoms with E-state index in [-0.39, 0.29) is 11.9 Å². The predicted molar refractivity (Wildman–Crippen MR) is 121 cm³/mol. The number of carbonyl (C=O) groups excluding carboxylic acids is 1. The van der Waals surface area contributed by atoms with Crippen molar-refractivity contribution < 1.29 is 13.9 Å². The summed E-state index contributed by atoms with van der Waals surface area (Å²) in [4.78, 5) is 25.0. The lowest BCUT2D eigenvalue weighted by Crippen LogP contribution is -2.38.